The highest BCUT2D eigenvalue weighted by molar-refractivity contribution is 5.02. The highest BCUT2D eigenvalue weighted by Gasteiger charge is 2.18. The highest BCUT2D eigenvalue weighted by Crippen LogP contribution is 2.28. The Bertz CT molecular complexity index is 309. The third kappa shape index (κ3) is 4.44. The van der Waals surface area contributed by atoms with Gasteiger partial charge in [-0.15, -0.1) is 0 Å². The minimum Gasteiger partial charge on any atom is -0.392 e. The number of hydrogen-bond acceptors (Lipinski definition) is 3. The van der Waals surface area contributed by atoms with Crippen LogP contribution in [0.1, 0.15) is 37.8 Å². The van der Waals surface area contributed by atoms with E-state index < -0.39 is 0 Å². The van der Waals surface area contributed by atoms with Crippen molar-refractivity contribution in [2.24, 2.45) is 5.92 Å². The summed E-state index contributed by atoms with van der Waals surface area (Å²) in [6, 6.07) is 5.90. The molecule has 1 atom stereocenters. The molecule has 17 heavy (non-hydrogen) atoms. The molecule has 0 saturated heterocycles. The van der Waals surface area contributed by atoms with Gasteiger partial charge in [-0.05, 0) is 24.5 Å². The van der Waals surface area contributed by atoms with Crippen molar-refractivity contribution in [2.45, 2.75) is 44.8 Å². The Kier molecular flexibility index (Phi) is 4.95. The predicted molar refractivity (Wildman–Crippen MR) is 68.5 cm³/mol. The minimum atomic E-state index is -0.207. The normalized spacial score (nSPS) is 18.4. The zero-order valence-electron chi connectivity index (χ0n) is 10.3. The van der Waals surface area contributed by atoms with Gasteiger partial charge in [0, 0.05) is 19.3 Å². The quantitative estimate of drug-likeness (QED) is 0.792. The number of nitrogens with one attached hydrogen (secondary N) is 1. The van der Waals surface area contributed by atoms with E-state index in [4.69, 9.17) is 0 Å². The van der Waals surface area contributed by atoms with Crippen molar-refractivity contribution in [1.82, 2.24) is 10.3 Å². The molecule has 1 aliphatic carbocycles. The molecule has 0 aromatic carbocycles. The van der Waals surface area contributed by atoms with Gasteiger partial charge in [-0.2, -0.15) is 0 Å². The average molecular weight is 234 g/mol. The van der Waals surface area contributed by atoms with E-state index in [1.54, 1.807) is 6.20 Å². The van der Waals surface area contributed by atoms with Crippen LogP contribution >= 0.6 is 0 Å². The minimum absolute atomic E-state index is 0.207. The molecule has 1 aliphatic rings. The van der Waals surface area contributed by atoms with E-state index >= 15 is 0 Å². The van der Waals surface area contributed by atoms with Gasteiger partial charge in [0.15, 0.2) is 0 Å². The predicted octanol–water partition coefficient (Wildman–Crippen LogP) is 2.11. The van der Waals surface area contributed by atoms with E-state index in [0.717, 1.165) is 24.6 Å². The second-order valence-electron chi connectivity index (χ2n) is 4.99. The van der Waals surface area contributed by atoms with E-state index in [1.807, 2.05) is 18.2 Å². The second-order valence-corrected chi connectivity index (χ2v) is 4.99. The maximum atomic E-state index is 9.90. The van der Waals surface area contributed by atoms with E-state index in [0.29, 0.717) is 6.54 Å². The molecule has 0 amide bonds. The summed E-state index contributed by atoms with van der Waals surface area (Å²) in [5, 5.41) is 13.2. The van der Waals surface area contributed by atoms with Crippen LogP contribution in [-0.4, -0.2) is 22.7 Å². The van der Waals surface area contributed by atoms with Crippen LogP contribution in [0.15, 0.2) is 24.4 Å². The summed E-state index contributed by atoms with van der Waals surface area (Å²) in [5.74, 6) is 0.752. The molecule has 0 aliphatic heterocycles. The van der Waals surface area contributed by atoms with E-state index in [9.17, 15) is 5.11 Å². The van der Waals surface area contributed by atoms with E-state index in [-0.39, 0.29) is 6.10 Å². The van der Waals surface area contributed by atoms with Gasteiger partial charge in [-0.1, -0.05) is 31.7 Å². The fourth-order valence-electron chi connectivity index (χ4n) is 2.58. The molecule has 1 saturated carbocycles. The molecule has 1 aromatic heterocycles. The lowest BCUT2D eigenvalue weighted by molar-refractivity contribution is 0.140. The molecule has 2 rings (SSSR count). The SMILES string of the molecule is OC(CNCc1ccccn1)CC1CCCC1. The highest BCUT2D eigenvalue weighted by atomic mass is 16.3. The van der Waals surface area contributed by atoms with Crippen LogP contribution in [0, 0.1) is 5.92 Å². The Balaban J connectivity index is 1.61. The van der Waals surface area contributed by atoms with Gasteiger partial charge in [-0.25, -0.2) is 0 Å². The third-order valence-corrected chi connectivity index (χ3v) is 3.49. The standard InChI is InChI=1S/C14H22N2O/c17-14(9-12-5-1-2-6-12)11-15-10-13-7-3-4-8-16-13/h3-4,7-8,12,14-15,17H,1-2,5-6,9-11H2. The first-order valence-corrected chi connectivity index (χ1v) is 6.63. The topological polar surface area (TPSA) is 45.1 Å². The Morgan fingerprint density at radius 1 is 1.35 bits per heavy atom. The number of aliphatic hydroxyl groups excluding tert-OH is 1. The van der Waals surface area contributed by atoms with E-state index in [1.165, 1.54) is 25.7 Å². The molecule has 3 nitrogen and oxygen atoms in total. The number of aromatic nitrogens is 1. The van der Waals surface area contributed by atoms with Gasteiger partial charge in [-0.3, -0.25) is 4.98 Å². The fourth-order valence-corrected chi connectivity index (χ4v) is 2.58. The fraction of sp³-hybridized carbons (Fsp3) is 0.643. The van der Waals surface area contributed by atoms with Crippen LogP contribution < -0.4 is 5.32 Å². The smallest absolute Gasteiger partial charge is 0.0667 e. The van der Waals surface area contributed by atoms with Crippen molar-refractivity contribution in [1.29, 1.82) is 0 Å². The maximum Gasteiger partial charge on any atom is 0.0667 e. The largest absolute Gasteiger partial charge is 0.392 e. The lowest BCUT2D eigenvalue weighted by atomic mass is 10.0. The number of hydrogen-bond donors (Lipinski definition) is 2. The van der Waals surface area contributed by atoms with E-state index in [2.05, 4.69) is 10.3 Å². The summed E-state index contributed by atoms with van der Waals surface area (Å²) in [6.45, 7) is 1.41. The van der Waals surface area contributed by atoms with Crippen LogP contribution in [0.2, 0.25) is 0 Å². The van der Waals surface area contributed by atoms with Crippen molar-refractivity contribution in [3.05, 3.63) is 30.1 Å². The summed E-state index contributed by atoms with van der Waals surface area (Å²) in [5.41, 5.74) is 1.03. The van der Waals surface area contributed by atoms with Crippen LogP contribution in [0.25, 0.3) is 0 Å². The number of rotatable bonds is 6. The molecule has 0 radical (unpaired) electrons. The molecule has 1 fully saturated rings. The Morgan fingerprint density at radius 3 is 2.88 bits per heavy atom. The first kappa shape index (κ1) is 12.5. The Labute approximate surface area is 103 Å². The van der Waals surface area contributed by atoms with Crippen LogP contribution in [0.4, 0.5) is 0 Å². The molecule has 0 bridgehead atoms. The van der Waals surface area contributed by atoms with Crippen LogP contribution in [0.3, 0.4) is 0 Å². The first-order valence-electron chi connectivity index (χ1n) is 6.63. The zero-order valence-corrected chi connectivity index (χ0v) is 10.3. The molecule has 2 N–H and O–H groups in total. The lowest BCUT2D eigenvalue weighted by Gasteiger charge is -2.15. The third-order valence-electron chi connectivity index (χ3n) is 3.49. The number of aliphatic hydroxyl groups is 1. The molecule has 3 heteroatoms. The molecule has 1 aromatic rings. The summed E-state index contributed by atoms with van der Waals surface area (Å²) < 4.78 is 0. The molecular weight excluding hydrogens is 212 g/mol. The second kappa shape index (κ2) is 6.72. The van der Waals surface area contributed by atoms with Gasteiger partial charge in [0.2, 0.25) is 0 Å². The number of nitrogens with zero attached hydrogens (tertiary/aromatic N) is 1. The molecule has 94 valence electrons. The Hall–Kier alpha value is -0.930. The van der Waals surface area contributed by atoms with Gasteiger partial charge in [0.25, 0.3) is 0 Å². The van der Waals surface area contributed by atoms with Crippen molar-refractivity contribution < 1.29 is 5.11 Å². The molecular formula is C14H22N2O. The van der Waals surface area contributed by atoms with Gasteiger partial charge >= 0.3 is 0 Å². The van der Waals surface area contributed by atoms with Gasteiger partial charge in [0.1, 0.15) is 0 Å². The van der Waals surface area contributed by atoms with Crippen molar-refractivity contribution >= 4 is 0 Å². The summed E-state index contributed by atoms with van der Waals surface area (Å²) in [7, 11) is 0. The summed E-state index contributed by atoms with van der Waals surface area (Å²) in [6.07, 6.45) is 7.84. The van der Waals surface area contributed by atoms with Crippen LogP contribution in [-0.2, 0) is 6.54 Å². The lowest BCUT2D eigenvalue weighted by Crippen LogP contribution is -2.28. The zero-order chi connectivity index (χ0) is 11.9. The Morgan fingerprint density at radius 2 is 2.18 bits per heavy atom. The molecule has 1 unspecified atom stereocenters. The van der Waals surface area contributed by atoms with Crippen molar-refractivity contribution in [3.8, 4) is 0 Å². The average Bonchev–Trinajstić information content (AvgIpc) is 2.83. The summed E-state index contributed by atoms with van der Waals surface area (Å²) in [4.78, 5) is 4.23. The number of pyridine rings is 1. The van der Waals surface area contributed by atoms with Crippen LogP contribution in [0.5, 0.6) is 0 Å². The molecule has 0 spiro atoms. The summed E-state index contributed by atoms with van der Waals surface area (Å²) >= 11 is 0. The van der Waals surface area contributed by atoms with Gasteiger partial charge < -0.3 is 10.4 Å². The van der Waals surface area contributed by atoms with Gasteiger partial charge in [0.05, 0.1) is 11.8 Å². The maximum absolute atomic E-state index is 9.90. The van der Waals surface area contributed by atoms with Crippen molar-refractivity contribution in [2.75, 3.05) is 6.54 Å². The first-order chi connectivity index (χ1) is 8.34. The van der Waals surface area contributed by atoms with Crippen molar-refractivity contribution in [3.63, 3.8) is 0 Å². The molecule has 1 heterocycles. The monoisotopic (exact) mass is 234 g/mol.